The van der Waals surface area contributed by atoms with E-state index in [1.54, 1.807) is 41.4 Å². The summed E-state index contributed by atoms with van der Waals surface area (Å²) in [5.41, 5.74) is 2.44. The van der Waals surface area contributed by atoms with E-state index < -0.39 is 11.5 Å². The second-order valence-corrected chi connectivity index (χ2v) is 11.4. The zero-order valence-electron chi connectivity index (χ0n) is 23.2. The number of carbonyl (C=O) groups is 3. The molecule has 1 aromatic carbocycles. The van der Waals surface area contributed by atoms with Crippen molar-refractivity contribution in [1.29, 1.82) is 0 Å². The van der Waals surface area contributed by atoms with Crippen LogP contribution in [0.15, 0.2) is 52.1 Å². The summed E-state index contributed by atoms with van der Waals surface area (Å²) in [6.45, 7) is 3.20. The molecular formula is C29H30ClN7O5. The molecule has 3 aromatic heterocycles. The monoisotopic (exact) mass is 591 g/mol. The van der Waals surface area contributed by atoms with Gasteiger partial charge in [0.05, 0.1) is 31.5 Å². The molecule has 218 valence electrons. The molecule has 1 saturated heterocycles. The molecule has 0 radical (unpaired) electrons. The maximum atomic E-state index is 13.5. The number of amides is 3. The molecule has 3 amide bonds. The fourth-order valence-corrected chi connectivity index (χ4v) is 5.86. The Morgan fingerprint density at radius 1 is 1.21 bits per heavy atom. The van der Waals surface area contributed by atoms with Crippen LogP contribution in [0.4, 0.5) is 0 Å². The lowest BCUT2D eigenvalue weighted by atomic mass is 9.99. The number of pyridine rings is 1. The quantitative estimate of drug-likeness (QED) is 0.377. The molecule has 0 aliphatic carbocycles. The van der Waals surface area contributed by atoms with Crippen molar-refractivity contribution in [3.8, 4) is 0 Å². The molecule has 0 spiro atoms. The maximum absolute atomic E-state index is 13.5. The Labute approximate surface area is 245 Å². The van der Waals surface area contributed by atoms with Gasteiger partial charge in [-0.25, -0.2) is 4.68 Å². The third-order valence-corrected chi connectivity index (χ3v) is 8.49. The van der Waals surface area contributed by atoms with Gasteiger partial charge in [-0.15, -0.1) is 5.10 Å². The topological polar surface area (TPSA) is 136 Å². The van der Waals surface area contributed by atoms with Gasteiger partial charge in [0.15, 0.2) is 0 Å². The van der Waals surface area contributed by atoms with Gasteiger partial charge >= 0.3 is 0 Å². The van der Waals surface area contributed by atoms with E-state index in [1.807, 2.05) is 19.1 Å². The minimum absolute atomic E-state index is 0.0404. The molecule has 0 saturated carbocycles. The van der Waals surface area contributed by atoms with Gasteiger partial charge in [-0.05, 0) is 36.8 Å². The molecule has 0 unspecified atom stereocenters. The average molecular weight is 592 g/mol. The highest BCUT2D eigenvalue weighted by molar-refractivity contribution is 6.32. The van der Waals surface area contributed by atoms with E-state index in [2.05, 4.69) is 15.6 Å². The number of carbonyl (C=O) groups excluding carboxylic acids is 3. The van der Waals surface area contributed by atoms with E-state index in [0.717, 1.165) is 16.5 Å². The largest absolute Gasteiger partial charge is 0.464 e. The van der Waals surface area contributed by atoms with E-state index in [9.17, 15) is 19.2 Å². The van der Waals surface area contributed by atoms with Crippen molar-refractivity contribution in [2.75, 3.05) is 33.2 Å². The number of likely N-dealkylation sites (tertiary alicyclic amines) is 1. The molecule has 1 N–H and O–H groups in total. The molecule has 13 heteroatoms. The number of fused-ring (bicyclic) bond motifs is 7. The van der Waals surface area contributed by atoms with E-state index in [1.165, 1.54) is 15.5 Å². The first-order chi connectivity index (χ1) is 20.2. The molecule has 4 aromatic rings. The van der Waals surface area contributed by atoms with Crippen molar-refractivity contribution in [3.63, 3.8) is 0 Å². The Balaban J connectivity index is 1.27. The summed E-state index contributed by atoms with van der Waals surface area (Å²) < 4.78 is 8.79. The Morgan fingerprint density at radius 3 is 2.88 bits per heavy atom. The Kier molecular flexibility index (Phi) is 7.31. The van der Waals surface area contributed by atoms with Crippen molar-refractivity contribution < 1.29 is 18.8 Å². The number of aryl methyl sites for hydroxylation is 1. The van der Waals surface area contributed by atoms with Crippen LogP contribution >= 0.6 is 11.6 Å². The van der Waals surface area contributed by atoms with Crippen molar-refractivity contribution >= 4 is 40.3 Å². The highest BCUT2D eigenvalue weighted by Gasteiger charge is 2.38. The van der Waals surface area contributed by atoms with Gasteiger partial charge in [-0.2, -0.15) is 0 Å². The lowest BCUT2D eigenvalue weighted by Crippen LogP contribution is -2.39. The molecule has 42 heavy (non-hydrogen) atoms. The third kappa shape index (κ3) is 5.29. The lowest BCUT2D eigenvalue weighted by Gasteiger charge is -2.20. The second kappa shape index (κ2) is 11.1. The molecule has 6 rings (SSSR count). The fourth-order valence-electron chi connectivity index (χ4n) is 5.70. The van der Waals surface area contributed by atoms with Crippen molar-refractivity contribution in [2.24, 2.45) is 5.92 Å². The van der Waals surface area contributed by atoms with Crippen LogP contribution in [0.2, 0.25) is 5.02 Å². The first kappa shape index (κ1) is 27.7. The standard InChI is InChI=1S/C29H30ClN7O5/c1-17-8-25-22(11-23(17)30)19(16-42-25)10-27(39)36-12-18-9-26(38)31-5-7-34(2)28(40)21-4-3-6-35(29(21)41)13-20-14-37(33-32-20)24(18)15-36/h3-4,6,8,11,14,16,18,24H,5,7,9-10,12-13,15H2,1-2H3,(H,31,38)/t18-,24+/m0/s1. The fraction of sp³-hybridized carbons (Fsp3) is 0.379. The molecule has 4 bridgehead atoms. The zero-order chi connectivity index (χ0) is 29.5. The minimum Gasteiger partial charge on any atom is -0.464 e. The van der Waals surface area contributed by atoms with Crippen molar-refractivity contribution in [1.82, 2.24) is 34.7 Å². The molecule has 2 atom stereocenters. The number of aromatic nitrogens is 4. The summed E-state index contributed by atoms with van der Waals surface area (Å²) in [7, 11) is 1.59. The average Bonchev–Trinajstić information content (AvgIpc) is 3.69. The van der Waals surface area contributed by atoms with E-state index in [-0.39, 0.29) is 61.8 Å². The third-order valence-electron chi connectivity index (χ3n) is 8.08. The number of hydrogen-bond acceptors (Lipinski definition) is 7. The Morgan fingerprint density at radius 2 is 2.05 bits per heavy atom. The van der Waals surface area contributed by atoms with Gasteiger partial charge < -0.3 is 24.1 Å². The lowest BCUT2D eigenvalue weighted by molar-refractivity contribution is -0.130. The molecule has 12 nitrogen and oxygen atoms in total. The summed E-state index contributed by atoms with van der Waals surface area (Å²) in [6, 6.07) is 6.52. The first-order valence-corrected chi connectivity index (χ1v) is 14.1. The first-order valence-electron chi connectivity index (χ1n) is 13.7. The Hall–Kier alpha value is -4.45. The normalized spacial score (nSPS) is 19.7. The number of nitrogens with one attached hydrogen (secondary N) is 1. The highest BCUT2D eigenvalue weighted by Crippen LogP contribution is 2.32. The number of halogens is 1. The number of furan rings is 1. The molecule has 1 fully saturated rings. The van der Waals surface area contributed by atoms with Crippen LogP contribution in [-0.4, -0.2) is 80.3 Å². The molecule has 2 aliphatic heterocycles. The maximum Gasteiger partial charge on any atom is 0.263 e. The van der Waals surface area contributed by atoms with Crippen molar-refractivity contribution in [2.45, 2.75) is 32.4 Å². The van der Waals surface area contributed by atoms with Crippen molar-refractivity contribution in [3.05, 3.63) is 80.7 Å². The van der Waals surface area contributed by atoms with Crippen LogP contribution in [0.5, 0.6) is 0 Å². The van der Waals surface area contributed by atoms with Gasteiger partial charge in [0.1, 0.15) is 16.8 Å². The zero-order valence-corrected chi connectivity index (χ0v) is 24.0. The predicted octanol–water partition coefficient (Wildman–Crippen LogP) is 2.03. The summed E-state index contributed by atoms with van der Waals surface area (Å²) in [5.74, 6) is -0.940. The minimum atomic E-state index is -0.432. The summed E-state index contributed by atoms with van der Waals surface area (Å²) >= 11 is 6.33. The van der Waals surface area contributed by atoms with Crippen LogP contribution in [0.3, 0.4) is 0 Å². The number of benzene rings is 1. The van der Waals surface area contributed by atoms with Crippen LogP contribution < -0.4 is 10.9 Å². The van der Waals surface area contributed by atoms with Gasteiger partial charge in [0.2, 0.25) is 11.8 Å². The highest BCUT2D eigenvalue weighted by atomic mass is 35.5. The van der Waals surface area contributed by atoms with Crippen LogP contribution in [0.1, 0.15) is 39.6 Å². The molecule has 2 aliphatic rings. The van der Waals surface area contributed by atoms with E-state index in [4.69, 9.17) is 16.0 Å². The Bertz CT molecular complexity index is 1760. The van der Waals surface area contributed by atoms with Gasteiger partial charge in [0, 0.05) is 67.7 Å². The number of rotatable bonds is 2. The predicted molar refractivity (Wildman–Crippen MR) is 153 cm³/mol. The summed E-state index contributed by atoms with van der Waals surface area (Å²) in [5, 5.41) is 12.8. The van der Waals surface area contributed by atoms with Crippen LogP contribution in [0.25, 0.3) is 11.0 Å². The number of likely N-dealkylation sites (N-methyl/N-ethyl adjacent to an activating group) is 1. The molecular weight excluding hydrogens is 562 g/mol. The smallest absolute Gasteiger partial charge is 0.263 e. The SMILES string of the molecule is Cc1cc2occ(CC(=O)N3C[C@@H]4CC(=O)NCCN(C)C(=O)c5cccn(c5=O)Cc5cn(nn5)[C@@H]4C3)c2cc1Cl. The van der Waals surface area contributed by atoms with Gasteiger partial charge in [-0.1, -0.05) is 16.8 Å². The molecule has 5 heterocycles. The van der Waals surface area contributed by atoms with Crippen LogP contribution in [-0.2, 0) is 22.6 Å². The second-order valence-electron chi connectivity index (χ2n) is 11.0. The summed E-state index contributed by atoms with van der Waals surface area (Å²) in [4.78, 5) is 55.6. The summed E-state index contributed by atoms with van der Waals surface area (Å²) in [6.07, 6.45) is 5.22. The number of nitrogens with zero attached hydrogens (tertiary/aromatic N) is 6. The van der Waals surface area contributed by atoms with E-state index >= 15 is 0 Å². The number of hydrogen-bond donors (Lipinski definition) is 1. The van der Waals surface area contributed by atoms with Crippen LogP contribution in [0, 0.1) is 12.8 Å². The van der Waals surface area contributed by atoms with Gasteiger partial charge in [0.25, 0.3) is 11.5 Å². The van der Waals surface area contributed by atoms with E-state index in [0.29, 0.717) is 29.4 Å². The van der Waals surface area contributed by atoms with Gasteiger partial charge in [-0.3, -0.25) is 19.2 Å².